The molecule has 70 valence electrons. The Kier molecular flexibility index (Phi) is 2.14. The van der Waals surface area contributed by atoms with E-state index in [0.29, 0.717) is 12.0 Å². The van der Waals surface area contributed by atoms with Crippen LogP contribution in [0, 0.1) is 5.82 Å². The van der Waals surface area contributed by atoms with E-state index in [1.807, 2.05) is 18.2 Å². The predicted octanol–water partition coefficient (Wildman–Crippen LogP) is 2.63. The van der Waals surface area contributed by atoms with Gasteiger partial charge in [0.25, 0.3) is 0 Å². The Balaban J connectivity index is 2.51. The van der Waals surface area contributed by atoms with Crippen LogP contribution in [-0.2, 0) is 0 Å². The van der Waals surface area contributed by atoms with Gasteiger partial charge < -0.3 is 4.98 Å². The van der Waals surface area contributed by atoms with Crippen LogP contribution in [0.1, 0.15) is 10.5 Å². The highest BCUT2D eigenvalue weighted by atomic mass is 19.1. The van der Waals surface area contributed by atoms with Crippen molar-refractivity contribution in [2.24, 2.45) is 0 Å². The van der Waals surface area contributed by atoms with Gasteiger partial charge in [-0.3, -0.25) is 4.79 Å². The van der Waals surface area contributed by atoms with Crippen LogP contribution in [0.4, 0.5) is 4.39 Å². The van der Waals surface area contributed by atoms with Crippen molar-refractivity contribution in [2.45, 2.75) is 0 Å². The van der Waals surface area contributed by atoms with Crippen molar-refractivity contribution in [3.8, 4) is 11.3 Å². The van der Waals surface area contributed by atoms with E-state index in [0.717, 1.165) is 5.56 Å². The van der Waals surface area contributed by atoms with Gasteiger partial charge >= 0.3 is 0 Å². The zero-order valence-electron chi connectivity index (χ0n) is 7.33. The van der Waals surface area contributed by atoms with Gasteiger partial charge in [0.2, 0.25) is 0 Å². The largest absolute Gasteiger partial charge is 0.350 e. The molecular formula is C11H8FNO. The highest BCUT2D eigenvalue weighted by Gasteiger charge is 2.08. The number of hydrogen-bond donors (Lipinski definition) is 1. The van der Waals surface area contributed by atoms with Crippen molar-refractivity contribution in [2.75, 3.05) is 0 Å². The van der Waals surface area contributed by atoms with Crippen LogP contribution < -0.4 is 0 Å². The van der Waals surface area contributed by atoms with Gasteiger partial charge in [0.05, 0.1) is 11.4 Å². The van der Waals surface area contributed by atoms with Crippen LogP contribution in [0.3, 0.4) is 0 Å². The first-order chi connectivity index (χ1) is 6.81. The number of halogens is 1. The van der Waals surface area contributed by atoms with Crippen LogP contribution >= 0.6 is 0 Å². The lowest BCUT2D eigenvalue weighted by atomic mass is 10.1. The number of nitrogens with one attached hydrogen (secondary N) is 1. The number of aromatic amines is 1. The van der Waals surface area contributed by atoms with E-state index >= 15 is 0 Å². The summed E-state index contributed by atoms with van der Waals surface area (Å²) in [6.45, 7) is 0. The van der Waals surface area contributed by atoms with E-state index in [1.54, 1.807) is 12.1 Å². The molecule has 0 aliphatic rings. The summed E-state index contributed by atoms with van der Waals surface area (Å²) in [6, 6.07) is 10.2. The molecule has 0 aliphatic heterocycles. The number of benzene rings is 1. The van der Waals surface area contributed by atoms with Crippen LogP contribution in [0.2, 0.25) is 0 Å². The summed E-state index contributed by atoms with van der Waals surface area (Å²) in [4.78, 5) is 13.1. The summed E-state index contributed by atoms with van der Waals surface area (Å²) in [5, 5.41) is 0. The maximum Gasteiger partial charge on any atom is 0.166 e. The van der Waals surface area contributed by atoms with E-state index < -0.39 is 5.82 Å². The van der Waals surface area contributed by atoms with Gasteiger partial charge in [0.1, 0.15) is 5.82 Å². The van der Waals surface area contributed by atoms with Crippen molar-refractivity contribution in [3.05, 3.63) is 47.9 Å². The molecule has 0 radical (unpaired) electrons. The van der Waals surface area contributed by atoms with Gasteiger partial charge in [0.15, 0.2) is 6.29 Å². The average Bonchev–Trinajstić information content (AvgIpc) is 2.61. The van der Waals surface area contributed by atoms with E-state index in [4.69, 9.17) is 0 Å². The molecule has 14 heavy (non-hydrogen) atoms. The van der Waals surface area contributed by atoms with Gasteiger partial charge in [-0.25, -0.2) is 4.39 Å². The molecule has 1 heterocycles. The average molecular weight is 189 g/mol. The molecule has 2 aromatic rings. The van der Waals surface area contributed by atoms with E-state index in [1.165, 1.54) is 6.07 Å². The van der Waals surface area contributed by atoms with E-state index in [9.17, 15) is 9.18 Å². The minimum Gasteiger partial charge on any atom is -0.350 e. The molecule has 2 nitrogen and oxygen atoms in total. The normalized spacial score (nSPS) is 10.1. The molecule has 1 N–H and O–H groups in total. The number of carbonyl (C=O) groups excluding carboxylic acids is 1. The first-order valence-electron chi connectivity index (χ1n) is 4.20. The molecule has 0 saturated heterocycles. The van der Waals surface area contributed by atoms with Crippen molar-refractivity contribution < 1.29 is 9.18 Å². The number of H-pyrrole nitrogens is 1. The molecular weight excluding hydrogens is 181 g/mol. The smallest absolute Gasteiger partial charge is 0.166 e. The Bertz CT molecular complexity index is 448. The van der Waals surface area contributed by atoms with Crippen molar-refractivity contribution in [3.63, 3.8) is 0 Å². The molecule has 3 heteroatoms. The molecule has 2 rings (SSSR count). The Morgan fingerprint density at radius 2 is 1.93 bits per heavy atom. The zero-order valence-corrected chi connectivity index (χ0v) is 7.33. The first kappa shape index (κ1) is 8.69. The van der Waals surface area contributed by atoms with Gasteiger partial charge in [-0.1, -0.05) is 30.3 Å². The molecule has 0 spiro atoms. The number of hydrogen-bond acceptors (Lipinski definition) is 1. The van der Waals surface area contributed by atoms with Gasteiger partial charge in [0, 0.05) is 11.6 Å². The summed E-state index contributed by atoms with van der Waals surface area (Å²) >= 11 is 0. The standard InChI is InChI=1S/C11H8FNO/c12-10-6-9(7-14)13-11(10)8-4-2-1-3-5-8/h1-7,13H. The monoisotopic (exact) mass is 189 g/mol. The van der Waals surface area contributed by atoms with Crippen LogP contribution in [0.15, 0.2) is 36.4 Å². The maximum atomic E-state index is 13.3. The predicted molar refractivity (Wildman–Crippen MR) is 51.6 cm³/mol. The van der Waals surface area contributed by atoms with Crippen LogP contribution in [0.5, 0.6) is 0 Å². The second-order valence-electron chi connectivity index (χ2n) is 2.93. The molecule has 0 bridgehead atoms. The molecule has 0 amide bonds. The second kappa shape index (κ2) is 3.46. The third-order valence-corrected chi connectivity index (χ3v) is 1.98. The minimum atomic E-state index is -0.404. The molecule has 1 aromatic carbocycles. The Morgan fingerprint density at radius 3 is 2.50 bits per heavy atom. The lowest BCUT2D eigenvalue weighted by molar-refractivity contribution is 0.111. The van der Waals surface area contributed by atoms with E-state index in [2.05, 4.69) is 4.98 Å². The lowest BCUT2D eigenvalue weighted by Crippen LogP contribution is -1.81. The summed E-state index contributed by atoms with van der Waals surface area (Å²) in [5.41, 5.74) is 1.34. The zero-order chi connectivity index (χ0) is 9.97. The Hall–Kier alpha value is -1.90. The fraction of sp³-hybridized carbons (Fsp3) is 0. The summed E-state index contributed by atoms with van der Waals surface area (Å²) in [5.74, 6) is -0.404. The molecule has 0 atom stereocenters. The number of carbonyl (C=O) groups is 1. The SMILES string of the molecule is O=Cc1cc(F)c(-c2ccccc2)[nH]1. The summed E-state index contributed by atoms with van der Waals surface area (Å²) in [7, 11) is 0. The quantitative estimate of drug-likeness (QED) is 0.724. The van der Waals surface area contributed by atoms with Gasteiger partial charge in [-0.05, 0) is 0 Å². The minimum absolute atomic E-state index is 0.251. The number of rotatable bonds is 2. The number of aromatic nitrogens is 1. The third kappa shape index (κ3) is 1.44. The molecule has 0 aliphatic carbocycles. The number of aldehydes is 1. The third-order valence-electron chi connectivity index (χ3n) is 1.98. The Morgan fingerprint density at radius 1 is 1.21 bits per heavy atom. The van der Waals surface area contributed by atoms with Gasteiger partial charge in [-0.15, -0.1) is 0 Å². The topological polar surface area (TPSA) is 32.9 Å². The molecule has 0 fully saturated rings. The highest BCUT2D eigenvalue weighted by molar-refractivity contribution is 5.75. The maximum absolute atomic E-state index is 13.3. The van der Waals surface area contributed by atoms with Crippen LogP contribution in [0.25, 0.3) is 11.3 Å². The second-order valence-corrected chi connectivity index (χ2v) is 2.93. The van der Waals surface area contributed by atoms with Crippen molar-refractivity contribution >= 4 is 6.29 Å². The first-order valence-corrected chi connectivity index (χ1v) is 4.20. The molecule has 0 unspecified atom stereocenters. The molecule has 1 aromatic heterocycles. The van der Waals surface area contributed by atoms with E-state index in [-0.39, 0.29) is 5.69 Å². The summed E-state index contributed by atoms with van der Waals surface area (Å²) < 4.78 is 13.3. The molecule has 0 saturated carbocycles. The van der Waals surface area contributed by atoms with Gasteiger partial charge in [-0.2, -0.15) is 0 Å². The van der Waals surface area contributed by atoms with Crippen LogP contribution in [-0.4, -0.2) is 11.3 Å². The highest BCUT2D eigenvalue weighted by Crippen LogP contribution is 2.21. The fourth-order valence-electron chi connectivity index (χ4n) is 1.33. The fourth-order valence-corrected chi connectivity index (χ4v) is 1.33. The van der Waals surface area contributed by atoms with Crippen molar-refractivity contribution in [1.29, 1.82) is 0 Å². The Labute approximate surface area is 80.4 Å². The van der Waals surface area contributed by atoms with Crippen molar-refractivity contribution in [1.82, 2.24) is 4.98 Å². The summed E-state index contributed by atoms with van der Waals surface area (Å²) in [6.07, 6.45) is 0.593. The lowest BCUT2D eigenvalue weighted by Gasteiger charge is -1.96.